The number of hydrogen-bond acceptors (Lipinski definition) is 3. The Balaban J connectivity index is 3.04. The van der Waals surface area contributed by atoms with Crippen molar-refractivity contribution in [2.45, 2.75) is 51.5 Å². The molecule has 0 bridgehead atoms. The van der Waals surface area contributed by atoms with Gasteiger partial charge in [-0.25, -0.2) is 0 Å². The van der Waals surface area contributed by atoms with Gasteiger partial charge >= 0.3 is 6.36 Å². The zero-order chi connectivity index (χ0) is 16.3. The van der Waals surface area contributed by atoms with Crippen molar-refractivity contribution >= 4 is 0 Å². The Morgan fingerprint density at radius 2 is 1.81 bits per heavy atom. The predicted octanol–water partition coefficient (Wildman–Crippen LogP) is 3.13. The lowest BCUT2D eigenvalue weighted by Gasteiger charge is -2.22. The van der Waals surface area contributed by atoms with Crippen LogP contribution >= 0.6 is 0 Å². The molecule has 0 fully saturated rings. The lowest BCUT2D eigenvalue weighted by molar-refractivity contribution is -0.274. The first-order valence-corrected chi connectivity index (χ1v) is 6.79. The molecule has 21 heavy (non-hydrogen) atoms. The van der Waals surface area contributed by atoms with Crippen molar-refractivity contribution in [3.63, 3.8) is 0 Å². The number of benzene rings is 1. The molecule has 3 N–H and O–H groups in total. The van der Waals surface area contributed by atoms with Gasteiger partial charge in [0.05, 0.1) is 6.10 Å². The molecule has 0 heterocycles. The summed E-state index contributed by atoms with van der Waals surface area (Å²) in [6, 6.07) is 4.59. The van der Waals surface area contributed by atoms with Gasteiger partial charge in [0.25, 0.3) is 0 Å². The van der Waals surface area contributed by atoms with Crippen molar-refractivity contribution in [1.82, 2.24) is 0 Å². The quantitative estimate of drug-likeness (QED) is 0.878. The summed E-state index contributed by atoms with van der Waals surface area (Å²) in [5, 5.41) is 9.47. The number of aliphatic hydroxyl groups is 1. The number of alkyl halides is 3. The number of aryl methyl sites for hydroxylation is 1. The van der Waals surface area contributed by atoms with Gasteiger partial charge in [-0.3, -0.25) is 0 Å². The third-order valence-corrected chi connectivity index (χ3v) is 3.10. The van der Waals surface area contributed by atoms with Crippen LogP contribution in [0.15, 0.2) is 18.2 Å². The fourth-order valence-electron chi connectivity index (χ4n) is 1.88. The van der Waals surface area contributed by atoms with Crippen LogP contribution in [0.1, 0.15) is 38.3 Å². The maximum Gasteiger partial charge on any atom is 0.573 e. The molecule has 0 aliphatic rings. The summed E-state index contributed by atoms with van der Waals surface area (Å²) in [6.07, 6.45) is -4.54. The van der Waals surface area contributed by atoms with E-state index in [2.05, 4.69) is 4.74 Å². The number of halogens is 3. The van der Waals surface area contributed by atoms with E-state index in [1.165, 1.54) is 12.1 Å². The maximum absolute atomic E-state index is 12.4. The molecule has 1 atom stereocenters. The number of nitrogens with two attached hydrogens (primary N) is 1. The normalized spacial score (nSPS) is 14.1. The molecule has 1 aromatic rings. The van der Waals surface area contributed by atoms with E-state index in [1.54, 1.807) is 0 Å². The number of rotatable bonds is 5. The molecule has 0 aromatic heterocycles. The zero-order valence-electron chi connectivity index (χ0n) is 12.5. The van der Waals surface area contributed by atoms with Gasteiger partial charge in [0, 0.05) is 6.54 Å². The van der Waals surface area contributed by atoms with Gasteiger partial charge < -0.3 is 15.6 Å². The molecule has 0 aliphatic carbocycles. The highest BCUT2D eigenvalue weighted by Crippen LogP contribution is 2.31. The monoisotopic (exact) mass is 305 g/mol. The molecule has 6 heteroatoms. The molecule has 120 valence electrons. The minimum atomic E-state index is -4.72. The topological polar surface area (TPSA) is 55.5 Å². The van der Waals surface area contributed by atoms with Crippen molar-refractivity contribution in [2.24, 2.45) is 5.73 Å². The highest BCUT2D eigenvalue weighted by molar-refractivity contribution is 5.38. The van der Waals surface area contributed by atoms with Gasteiger partial charge in [-0.2, -0.15) is 0 Å². The third-order valence-electron chi connectivity index (χ3n) is 3.10. The molecule has 1 rings (SSSR count). The summed E-state index contributed by atoms with van der Waals surface area (Å²) in [7, 11) is 0. The first-order valence-electron chi connectivity index (χ1n) is 6.79. The highest BCUT2D eigenvalue weighted by atomic mass is 19.4. The summed E-state index contributed by atoms with van der Waals surface area (Å²) in [5.74, 6) is -0.229. The van der Waals surface area contributed by atoms with Crippen molar-refractivity contribution in [1.29, 1.82) is 0 Å². The van der Waals surface area contributed by atoms with Gasteiger partial charge in [-0.15, -0.1) is 13.2 Å². The molecule has 0 aliphatic heterocycles. The van der Waals surface area contributed by atoms with Crippen molar-refractivity contribution < 1.29 is 23.0 Å². The fraction of sp³-hybridized carbons (Fsp3) is 0.600. The minimum Gasteiger partial charge on any atom is -0.406 e. The number of hydrogen-bond donors (Lipinski definition) is 2. The second-order valence-electron chi connectivity index (χ2n) is 6.09. The molecule has 0 saturated carbocycles. The van der Waals surface area contributed by atoms with E-state index < -0.39 is 12.5 Å². The standard InChI is InChI=1S/C15H22F3NO2/c1-14(2,3)11-6-10(4-5-12(20)9-19)7-13(8-11)21-15(16,17)18/h6-8,12,20H,4-5,9,19H2,1-3H3/t12-/m1/s1. The van der Waals surface area contributed by atoms with Crippen molar-refractivity contribution in [3.05, 3.63) is 29.3 Å². The molecule has 0 unspecified atom stereocenters. The second kappa shape index (κ2) is 6.66. The lowest BCUT2D eigenvalue weighted by atomic mass is 9.85. The van der Waals surface area contributed by atoms with E-state index in [0.717, 1.165) is 5.56 Å². The molecule has 0 spiro atoms. The van der Waals surface area contributed by atoms with Crippen LogP contribution in [0.25, 0.3) is 0 Å². The average Bonchev–Trinajstić information content (AvgIpc) is 2.32. The number of ether oxygens (including phenoxy) is 1. The van der Waals surface area contributed by atoms with Crippen LogP contribution in [-0.2, 0) is 11.8 Å². The summed E-state index contributed by atoms with van der Waals surface area (Å²) in [6.45, 7) is 5.87. The Bertz CT molecular complexity index is 467. The van der Waals surface area contributed by atoms with E-state index in [1.807, 2.05) is 26.8 Å². The average molecular weight is 305 g/mol. The zero-order valence-corrected chi connectivity index (χ0v) is 12.5. The Morgan fingerprint density at radius 3 is 2.29 bits per heavy atom. The van der Waals surface area contributed by atoms with Crippen LogP contribution in [0.2, 0.25) is 0 Å². The minimum absolute atomic E-state index is 0.130. The highest BCUT2D eigenvalue weighted by Gasteiger charge is 2.31. The first kappa shape index (κ1) is 17.8. The van der Waals surface area contributed by atoms with Crippen LogP contribution < -0.4 is 10.5 Å². The summed E-state index contributed by atoms with van der Waals surface area (Å²) in [5.41, 5.74) is 6.47. The maximum atomic E-state index is 12.4. The van der Waals surface area contributed by atoms with E-state index in [-0.39, 0.29) is 17.7 Å². The smallest absolute Gasteiger partial charge is 0.406 e. The van der Waals surface area contributed by atoms with Crippen LogP contribution in [0, 0.1) is 0 Å². The fourth-order valence-corrected chi connectivity index (χ4v) is 1.88. The van der Waals surface area contributed by atoms with Crippen LogP contribution in [0.4, 0.5) is 13.2 Å². The van der Waals surface area contributed by atoms with Gasteiger partial charge in [-0.05, 0) is 41.5 Å². The van der Waals surface area contributed by atoms with Gasteiger partial charge in [-0.1, -0.05) is 26.8 Å². The van der Waals surface area contributed by atoms with Crippen molar-refractivity contribution in [2.75, 3.05) is 6.54 Å². The lowest BCUT2D eigenvalue weighted by Crippen LogP contribution is -2.21. The Hall–Kier alpha value is -1.27. The first-order chi connectivity index (χ1) is 9.51. The Morgan fingerprint density at radius 1 is 1.19 bits per heavy atom. The molecule has 0 radical (unpaired) electrons. The summed E-state index contributed by atoms with van der Waals surface area (Å²) in [4.78, 5) is 0. The van der Waals surface area contributed by atoms with E-state index >= 15 is 0 Å². The van der Waals surface area contributed by atoms with Crippen LogP contribution in [0.3, 0.4) is 0 Å². The molecular formula is C15H22F3NO2. The van der Waals surface area contributed by atoms with E-state index in [9.17, 15) is 18.3 Å². The van der Waals surface area contributed by atoms with Crippen LogP contribution in [-0.4, -0.2) is 24.1 Å². The molecule has 3 nitrogen and oxygen atoms in total. The molecule has 1 aromatic carbocycles. The largest absolute Gasteiger partial charge is 0.573 e. The summed E-state index contributed by atoms with van der Waals surface area (Å²) >= 11 is 0. The number of aliphatic hydroxyl groups excluding tert-OH is 1. The van der Waals surface area contributed by atoms with E-state index in [4.69, 9.17) is 5.73 Å². The SMILES string of the molecule is CC(C)(C)c1cc(CC[C@@H](O)CN)cc(OC(F)(F)F)c1. The van der Waals surface area contributed by atoms with Crippen LogP contribution in [0.5, 0.6) is 5.75 Å². The third kappa shape index (κ3) is 6.35. The Labute approximate surface area is 122 Å². The molecule has 0 amide bonds. The Kier molecular flexibility index (Phi) is 5.64. The van der Waals surface area contributed by atoms with Crippen molar-refractivity contribution in [3.8, 4) is 5.75 Å². The second-order valence-corrected chi connectivity index (χ2v) is 6.09. The van der Waals surface area contributed by atoms with Gasteiger partial charge in [0.15, 0.2) is 0 Å². The van der Waals surface area contributed by atoms with Gasteiger partial charge in [0.2, 0.25) is 0 Å². The predicted molar refractivity (Wildman–Crippen MR) is 75.2 cm³/mol. The van der Waals surface area contributed by atoms with Gasteiger partial charge in [0.1, 0.15) is 5.75 Å². The molecule has 0 saturated heterocycles. The van der Waals surface area contributed by atoms with E-state index in [0.29, 0.717) is 18.4 Å². The molecular weight excluding hydrogens is 283 g/mol. The summed E-state index contributed by atoms with van der Waals surface area (Å²) < 4.78 is 41.2.